The van der Waals surface area contributed by atoms with Crippen LogP contribution in [0.4, 0.5) is 0 Å². The molecule has 0 bridgehead atoms. The van der Waals surface area contributed by atoms with Crippen molar-refractivity contribution in [3.05, 3.63) is 12.2 Å². The third-order valence-corrected chi connectivity index (χ3v) is 1.40. The summed E-state index contributed by atoms with van der Waals surface area (Å²) in [6.07, 6.45) is 1.97. The lowest BCUT2D eigenvalue weighted by molar-refractivity contribution is -0.190. The Morgan fingerprint density at radius 3 is 2.82 bits per heavy atom. The normalized spacial score (nSPS) is 35.7. The van der Waals surface area contributed by atoms with Crippen molar-refractivity contribution >= 4 is 5.97 Å². The maximum atomic E-state index is 10.4. The molecule has 0 aromatic rings. The van der Waals surface area contributed by atoms with Gasteiger partial charge in [0.1, 0.15) is 0 Å². The SMILES string of the molecule is CC(=O)OC1(O)C=CC(O)C1. The number of carbonyl (C=O) groups is 1. The van der Waals surface area contributed by atoms with Crippen LogP contribution in [0.25, 0.3) is 0 Å². The summed E-state index contributed by atoms with van der Waals surface area (Å²) in [5, 5.41) is 18.3. The number of hydrogen-bond donors (Lipinski definition) is 2. The Labute approximate surface area is 64.1 Å². The number of ether oxygens (including phenoxy) is 1. The van der Waals surface area contributed by atoms with Gasteiger partial charge in [-0.05, 0) is 6.08 Å². The minimum atomic E-state index is -1.59. The van der Waals surface area contributed by atoms with Crippen LogP contribution in [-0.4, -0.2) is 28.1 Å². The number of hydrogen-bond acceptors (Lipinski definition) is 4. The molecule has 11 heavy (non-hydrogen) atoms. The first-order valence-electron chi connectivity index (χ1n) is 3.31. The molecule has 0 heterocycles. The lowest BCUT2D eigenvalue weighted by Crippen LogP contribution is -2.31. The highest BCUT2D eigenvalue weighted by Crippen LogP contribution is 2.23. The van der Waals surface area contributed by atoms with Crippen molar-refractivity contribution in [2.24, 2.45) is 0 Å². The molecule has 1 aliphatic carbocycles. The number of rotatable bonds is 1. The van der Waals surface area contributed by atoms with Gasteiger partial charge in [-0.15, -0.1) is 0 Å². The van der Waals surface area contributed by atoms with Crippen molar-refractivity contribution in [1.29, 1.82) is 0 Å². The molecule has 0 aromatic heterocycles. The Hall–Kier alpha value is -0.870. The standard InChI is InChI=1S/C7H10O4/c1-5(8)11-7(10)3-2-6(9)4-7/h2-3,6,9-10H,4H2,1H3. The van der Waals surface area contributed by atoms with E-state index in [-0.39, 0.29) is 6.42 Å². The Morgan fingerprint density at radius 2 is 2.45 bits per heavy atom. The van der Waals surface area contributed by atoms with Crippen LogP contribution in [-0.2, 0) is 9.53 Å². The molecule has 4 nitrogen and oxygen atoms in total. The first kappa shape index (κ1) is 8.23. The van der Waals surface area contributed by atoms with Crippen molar-refractivity contribution in [1.82, 2.24) is 0 Å². The van der Waals surface area contributed by atoms with Crippen LogP contribution < -0.4 is 0 Å². The molecule has 0 radical (unpaired) electrons. The topological polar surface area (TPSA) is 66.8 Å². The molecule has 0 spiro atoms. The summed E-state index contributed by atoms with van der Waals surface area (Å²) < 4.78 is 4.54. The molecular weight excluding hydrogens is 148 g/mol. The van der Waals surface area contributed by atoms with Gasteiger partial charge in [0.2, 0.25) is 5.79 Å². The van der Waals surface area contributed by atoms with Crippen molar-refractivity contribution in [2.45, 2.75) is 25.2 Å². The highest BCUT2D eigenvalue weighted by molar-refractivity contribution is 5.66. The van der Waals surface area contributed by atoms with Crippen LogP contribution in [0.1, 0.15) is 13.3 Å². The molecule has 2 atom stereocenters. The van der Waals surface area contributed by atoms with Gasteiger partial charge < -0.3 is 14.9 Å². The first-order chi connectivity index (χ1) is 5.02. The van der Waals surface area contributed by atoms with E-state index in [1.807, 2.05) is 0 Å². The van der Waals surface area contributed by atoms with Crippen molar-refractivity contribution in [2.75, 3.05) is 0 Å². The van der Waals surface area contributed by atoms with Gasteiger partial charge in [-0.3, -0.25) is 4.79 Å². The molecule has 2 N–H and O–H groups in total. The van der Waals surface area contributed by atoms with E-state index in [0.29, 0.717) is 0 Å². The van der Waals surface area contributed by atoms with Crippen LogP contribution in [0.2, 0.25) is 0 Å². The summed E-state index contributed by atoms with van der Waals surface area (Å²) in [5.74, 6) is -2.16. The molecule has 62 valence electrons. The molecule has 0 amide bonds. The van der Waals surface area contributed by atoms with Gasteiger partial charge in [0.05, 0.1) is 6.10 Å². The first-order valence-corrected chi connectivity index (χ1v) is 3.31. The number of carbonyl (C=O) groups excluding carboxylic acids is 1. The van der Waals surface area contributed by atoms with Gasteiger partial charge in [0, 0.05) is 13.3 Å². The zero-order chi connectivity index (χ0) is 8.48. The monoisotopic (exact) mass is 158 g/mol. The summed E-state index contributed by atoms with van der Waals surface area (Å²) in [4.78, 5) is 10.4. The van der Waals surface area contributed by atoms with Gasteiger partial charge in [-0.1, -0.05) is 6.08 Å². The molecule has 0 aromatic carbocycles. The van der Waals surface area contributed by atoms with E-state index < -0.39 is 17.9 Å². The molecule has 0 saturated carbocycles. The summed E-state index contributed by atoms with van der Waals surface area (Å²) in [6.45, 7) is 1.20. The third kappa shape index (κ3) is 2.03. The van der Waals surface area contributed by atoms with Crippen LogP contribution in [0, 0.1) is 0 Å². The molecule has 0 saturated heterocycles. The maximum Gasteiger partial charge on any atom is 0.305 e. The van der Waals surface area contributed by atoms with Crippen LogP contribution in [0.5, 0.6) is 0 Å². The van der Waals surface area contributed by atoms with Crippen molar-refractivity contribution < 1.29 is 19.7 Å². The highest BCUT2D eigenvalue weighted by atomic mass is 16.7. The van der Waals surface area contributed by atoms with E-state index in [2.05, 4.69) is 4.74 Å². The Bertz CT molecular complexity index is 199. The summed E-state index contributed by atoms with van der Waals surface area (Å²) in [5.41, 5.74) is 0. The van der Waals surface area contributed by atoms with E-state index in [1.165, 1.54) is 19.1 Å². The van der Waals surface area contributed by atoms with Crippen LogP contribution in [0.15, 0.2) is 12.2 Å². The fourth-order valence-electron chi connectivity index (χ4n) is 1.02. The van der Waals surface area contributed by atoms with Crippen LogP contribution in [0.3, 0.4) is 0 Å². The zero-order valence-corrected chi connectivity index (χ0v) is 6.15. The Balaban J connectivity index is 2.56. The van der Waals surface area contributed by atoms with Gasteiger partial charge >= 0.3 is 5.97 Å². The highest BCUT2D eigenvalue weighted by Gasteiger charge is 2.34. The van der Waals surface area contributed by atoms with E-state index in [1.54, 1.807) is 0 Å². The minimum absolute atomic E-state index is 0.0204. The fourth-order valence-corrected chi connectivity index (χ4v) is 1.02. The quantitative estimate of drug-likeness (QED) is 0.308. The number of aliphatic hydroxyl groups is 2. The second-order valence-corrected chi connectivity index (χ2v) is 2.57. The zero-order valence-electron chi connectivity index (χ0n) is 6.15. The summed E-state index contributed by atoms with van der Waals surface area (Å²) in [7, 11) is 0. The predicted octanol–water partition coefficient (Wildman–Crippen LogP) is -0.441. The molecule has 2 unspecified atom stereocenters. The maximum absolute atomic E-state index is 10.4. The average Bonchev–Trinajstić information content (AvgIpc) is 2.08. The smallest absolute Gasteiger partial charge is 0.305 e. The van der Waals surface area contributed by atoms with Crippen LogP contribution >= 0.6 is 0 Å². The molecular formula is C7H10O4. The number of aliphatic hydroxyl groups excluding tert-OH is 1. The fraction of sp³-hybridized carbons (Fsp3) is 0.571. The summed E-state index contributed by atoms with van der Waals surface area (Å²) >= 11 is 0. The molecule has 4 heteroatoms. The second kappa shape index (κ2) is 2.64. The summed E-state index contributed by atoms with van der Waals surface area (Å²) in [6, 6.07) is 0. The third-order valence-electron chi connectivity index (χ3n) is 1.40. The van der Waals surface area contributed by atoms with E-state index in [0.717, 1.165) is 0 Å². The molecule has 0 fully saturated rings. The van der Waals surface area contributed by atoms with Gasteiger partial charge in [0.25, 0.3) is 0 Å². The molecule has 1 aliphatic rings. The van der Waals surface area contributed by atoms with Gasteiger partial charge in [-0.25, -0.2) is 0 Å². The Kier molecular flexibility index (Phi) is 1.97. The molecule has 1 rings (SSSR count). The number of esters is 1. The predicted molar refractivity (Wildman–Crippen MR) is 36.5 cm³/mol. The second-order valence-electron chi connectivity index (χ2n) is 2.57. The van der Waals surface area contributed by atoms with Crippen molar-refractivity contribution in [3.63, 3.8) is 0 Å². The largest absolute Gasteiger partial charge is 0.429 e. The average molecular weight is 158 g/mol. The van der Waals surface area contributed by atoms with Gasteiger partial charge in [0.15, 0.2) is 0 Å². The lowest BCUT2D eigenvalue weighted by atomic mass is 10.2. The Morgan fingerprint density at radius 1 is 1.82 bits per heavy atom. The van der Waals surface area contributed by atoms with Crippen molar-refractivity contribution in [3.8, 4) is 0 Å². The van der Waals surface area contributed by atoms with E-state index in [4.69, 9.17) is 5.11 Å². The molecule has 0 aliphatic heterocycles. The minimum Gasteiger partial charge on any atom is -0.429 e. The van der Waals surface area contributed by atoms with Gasteiger partial charge in [-0.2, -0.15) is 0 Å². The van der Waals surface area contributed by atoms with E-state index >= 15 is 0 Å². The van der Waals surface area contributed by atoms with E-state index in [9.17, 15) is 9.90 Å². The lowest BCUT2D eigenvalue weighted by Gasteiger charge is -2.19.